The largest absolute Gasteiger partial charge is 0.400 e. The SMILES string of the molecule is [2H]C([2H])([2H])[n+]1c2n(c3c4cccnc4n(-c4ccccc4)c31)Cc1cccnc1-2.[2H]C([2H])([2H])[n+]1c2n(c3c4cccnc4n(C)c31)Cc1cccnc1-2.[2H]C([2H])([2H])[n+]1c2n(c3c4cccnc4oc31)Cc1cccnc1-2.[2H]C([2H])([2H])[n+]1c2n(c3c4cccnc4sc31)Cc1cccnc1-2.[2H]C([2H])([2H])n1c2ncccc2c2c1[n+](C([2H])([2H])[2H])c1n2Cc2cccnc2-1. The molecule has 25 heterocycles. The van der Waals surface area contributed by atoms with Crippen molar-refractivity contribution >= 4 is 121 Å². The fourth-order valence-electron chi connectivity index (χ4n) is 16.6. The lowest BCUT2D eigenvalue weighted by molar-refractivity contribution is -0.640. The predicted octanol–water partition coefficient (Wildman–Crippen LogP) is 11.3. The molecule has 25 heteroatoms. The molecule has 20 aromatic heterocycles. The molecule has 108 heavy (non-hydrogen) atoms. The number of aromatic nitrogens is 23. The molecule has 0 fully saturated rings. The minimum absolute atomic E-state index is 0.106. The molecule has 0 saturated carbocycles. The van der Waals surface area contributed by atoms with Gasteiger partial charge in [-0.1, -0.05) is 59.9 Å². The highest BCUT2D eigenvalue weighted by Gasteiger charge is 2.42. The lowest BCUT2D eigenvalue weighted by Crippen LogP contribution is -2.31. The molecule has 21 aromatic rings. The van der Waals surface area contributed by atoms with Crippen LogP contribution in [0.3, 0.4) is 0 Å². The lowest BCUT2D eigenvalue weighted by atomic mass is 10.2. The summed E-state index contributed by atoms with van der Waals surface area (Å²) in [4.78, 5) is 45.5. The van der Waals surface area contributed by atoms with E-state index in [1.54, 1.807) is 74.0 Å². The zero-order chi connectivity index (χ0) is 87.1. The van der Waals surface area contributed by atoms with Crippen molar-refractivity contribution in [2.45, 2.75) is 32.7 Å². The Morgan fingerprint density at radius 1 is 0.343 bits per heavy atom. The van der Waals surface area contributed by atoms with Crippen LogP contribution < -0.4 is 22.8 Å². The Labute approximate surface area is 643 Å². The number of thiophene rings is 1. The van der Waals surface area contributed by atoms with Gasteiger partial charge in [0.2, 0.25) is 33.0 Å². The van der Waals surface area contributed by atoms with Gasteiger partial charge in [0.05, 0.1) is 120 Å². The maximum Gasteiger partial charge on any atom is 0.340 e. The first-order valence-electron chi connectivity index (χ1n) is 43.5. The van der Waals surface area contributed by atoms with Crippen molar-refractivity contribution in [2.75, 3.05) is 0 Å². The number of nitrogens with zero attached hydrogens (tertiary/aromatic N) is 23. The number of aryl methyl sites for hydroxylation is 7. The third-order valence-corrected chi connectivity index (χ3v) is 22.1. The summed E-state index contributed by atoms with van der Waals surface area (Å²) in [5, 5.41) is 4.26. The maximum atomic E-state index is 8.34. The first-order chi connectivity index (χ1) is 60.3. The van der Waals surface area contributed by atoms with Gasteiger partial charge in [-0.25, -0.2) is 105 Å². The molecule has 0 spiro atoms. The van der Waals surface area contributed by atoms with Crippen LogP contribution in [0.5, 0.6) is 0 Å². The highest BCUT2D eigenvalue weighted by Crippen LogP contribution is 2.43. The van der Waals surface area contributed by atoms with Gasteiger partial charge in [0.15, 0.2) is 33.5 Å². The van der Waals surface area contributed by atoms with Gasteiger partial charge in [-0.2, -0.15) is 4.57 Å². The Hall–Kier alpha value is -13.8. The third kappa shape index (κ3) is 8.51. The zero-order valence-corrected chi connectivity index (χ0v) is 57.7. The summed E-state index contributed by atoms with van der Waals surface area (Å²) in [7, 11) is 1.86. The van der Waals surface area contributed by atoms with E-state index in [4.69, 9.17) is 29.1 Å². The van der Waals surface area contributed by atoms with E-state index in [0.29, 0.717) is 107 Å². The normalized spacial score (nSPS) is 16.1. The van der Waals surface area contributed by atoms with Crippen LogP contribution in [0.2, 0.25) is 0 Å². The fourth-order valence-corrected chi connectivity index (χ4v) is 17.6. The molecule has 5 aliphatic rings. The molecular weight excluding hydrogens is 1370 g/mol. The topological polar surface area (TPSA) is 201 Å². The van der Waals surface area contributed by atoms with Crippen LogP contribution in [-0.4, -0.2) is 86.4 Å². The number of para-hydroxylation sites is 1. The Morgan fingerprint density at radius 3 is 1.23 bits per heavy atom. The number of furan rings is 1. The highest BCUT2D eigenvalue weighted by molar-refractivity contribution is 7.24. The molecule has 0 amide bonds. The number of rotatable bonds is 1. The van der Waals surface area contributed by atoms with Crippen LogP contribution in [-0.2, 0) is 81.6 Å². The van der Waals surface area contributed by atoms with E-state index in [9.17, 15) is 0 Å². The van der Waals surface area contributed by atoms with Gasteiger partial charge in [-0.15, -0.1) is 0 Å². The van der Waals surface area contributed by atoms with E-state index >= 15 is 0 Å². The molecule has 0 atom stereocenters. The lowest BCUT2D eigenvalue weighted by Gasteiger charge is -2.02. The number of pyridine rings is 10. The van der Waals surface area contributed by atoms with Gasteiger partial charge in [-0.05, 0) is 103 Å². The summed E-state index contributed by atoms with van der Waals surface area (Å²) >= 11 is 1.42. The Kier molecular flexibility index (Phi) is 9.86. The second-order valence-electron chi connectivity index (χ2n) is 26.7. The fraction of sp³-hybridized carbons (Fsp3) is 0.145. The van der Waals surface area contributed by atoms with Gasteiger partial charge in [0.1, 0.15) is 40.7 Å². The molecule has 0 saturated heterocycles. The van der Waals surface area contributed by atoms with E-state index in [1.807, 2.05) is 163 Å². The van der Waals surface area contributed by atoms with E-state index in [0.717, 1.165) is 124 Å². The van der Waals surface area contributed by atoms with Crippen molar-refractivity contribution in [3.63, 3.8) is 0 Å². The molecule has 0 radical (unpaired) electrons. The summed E-state index contributed by atoms with van der Waals surface area (Å²) in [5.74, 6) is 2.85. The molecule has 520 valence electrons. The van der Waals surface area contributed by atoms with Gasteiger partial charge in [-0.3, -0.25) is 0 Å². The first kappa shape index (κ1) is 46.1. The average Bonchev–Trinajstić information content (AvgIpc) is 1.53. The molecule has 1 aromatic carbocycles. The molecule has 5 aliphatic heterocycles. The second-order valence-corrected chi connectivity index (χ2v) is 27.7. The summed E-state index contributed by atoms with van der Waals surface area (Å²) in [6.45, 7) is -11.7. The van der Waals surface area contributed by atoms with Gasteiger partial charge in [0.25, 0.3) is 34.4 Å². The predicted molar refractivity (Wildman–Crippen MR) is 411 cm³/mol. The second kappa shape index (κ2) is 23.1. The van der Waals surface area contributed by atoms with Crippen molar-refractivity contribution in [1.29, 1.82) is 0 Å². The number of fused-ring (bicyclic) bond motifs is 35. The van der Waals surface area contributed by atoms with Gasteiger partial charge < -0.3 is 4.42 Å². The highest BCUT2D eigenvalue weighted by atomic mass is 32.1. The molecule has 0 aliphatic carbocycles. The van der Waals surface area contributed by atoms with Gasteiger partial charge in [0, 0.05) is 89.8 Å². The maximum absolute atomic E-state index is 8.34. The van der Waals surface area contributed by atoms with E-state index < -0.39 is 41.9 Å². The van der Waals surface area contributed by atoms with Crippen LogP contribution >= 0.6 is 11.3 Å². The first-order valence-corrected chi connectivity index (χ1v) is 35.3. The minimum atomic E-state index is -2.59. The van der Waals surface area contributed by atoms with Crippen molar-refractivity contribution in [2.24, 2.45) is 48.9 Å². The molecule has 0 unspecified atom stereocenters. The van der Waals surface area contributed by atoms with E-state index in [-0.39, 0.29) is 11.3 Å². The quantitative estimate of drug-likeness (QED) is 0.142. The molecular formula is C83H66N23OS+5. The number of benzene rings is 1. The molecule has 0 N–H and O–H groups in total. The van der Waals surface area contributed by atoms with E-state index in [2.05, 4.69) is 59.0 Å². The van der Waals surface area contributed by atoms with Crippen LogP contribution in [0.4, 0.5) is 0 Å². The average molecular weight is 1450 g/mol. The molecule has 26 rings (SSSR count). The standard InChI is InChI=1S/C21H16N5.2C16H14N5.C15H11N4O.C15H11N4S/c1-24-20-17-14(7-5-11-22-17)13-25(20)18-16-10-6-12-23-19(16)26(21(18)24)15-8-3-2-4-9-15;2*1-19-14-11(6-4-8-18-14)13-16(19)20(2)15-12-10(9-21(13)15)5-3-7-17-12;2*1-18-14-11-9(4-2-6-16-11)8-19(14)12-10-5-3-7-17-13(10)20-15(12)18/h2-12H,13H2,1H3;2*3-8H,9H2,1-2H3;2*2-7H,8H2,1H3/q5*+1/i1D3;1D3,2D3;2D3;2*1D3. The summed E-state index contributed by atoms with van der Waals surface area (Å²) < 4.78 is 172. The minimum Gasteiger partial charge on any atom is -0.400 e. The number of imidazole rings is 5. The van der Waals surface area contributed by atoms with Crippen LogP contribution in [0, 0.1) is 0 Å². The van der Waals surface area contributed by atoms with Crippen molar-refractivity contribution in [1.82, 2.24) is 86.4 Å². The van der Waals surface area contributed by atoms with Gasteiger partial charge >= 0.3 is 17.4 Å². The Balaban J connectivity index is 0.0000000935. The number of hydrogen-bond acceptors (Lipinski definition) is 12. The monoisotopic (exact) mass is 1450 g/mol. The van der Waals surface area contributed by atoms with Crippen LogP contribution in [0.25, 0.3) is 173 Å². The van der Waals surface area contributed by atoms with Crippen molar-refractivity contribution < 1.29 is 51.9 Å². The van der Waals surface area contributed by atoms with Crippen LogP contribution in [0.1, 0.15) is 52.5 Å². The number of hydrogen-bond donors (Lipinski definition) is 0. The zero-order valence-electron chi connectivity index (χ0n) is 74.8. The van der Waals surface area contributed by atoms with E-state index in [1.165, 1.54) is 35.8 Å². The van der Waals surface area contributed by atoms with Crippen molar-refractivity contribution in [3.8, 4) is 63.3 Å². The summed E-state index contributed by atoms with van der Waals surface area (Å²) in [6, 6.07) is 47.7. The van der Waals surface area contributed by atoms with Crippen LogP contribution in [0.15, 0.2) is 218 Å². The third-order valence-electron chi connectivity index (χ3n) is 21.0. The molecule has 0 bridgehead atoms. The summed E-state index contributed by atoms with van der Waals surface area (Å²) in [5.41, 5.74) is 17.2. The smallest absolute Gasteiger partial charge is 0.340 e. The van der Waals surface area contributed by atoms with Crippen molar-refractivity contribution in [3.05, 3.63) is 241 Å². The summed E-state index contributed by atoms with van der Waals surface area (Å²) in [6.07, 6.45) is 16.7. The molecule has 24 nitrogen and oxygen atoms in total. The Bertz CT molecular complexity index is 7990. The Morgan fingerprint density at radius 2 is 0.722 bits per heavy atom.